The van der Waals surface area contributed by atoms with Gasteiger partial charge in [-0.2, -0.15) is 0 Å². The molecule has 2 aromatic rings. The molecule has 0 aliphatic carbocycles. The Morgan fingerprint density at radius 1 is 1.12 bits per heavy atom. The zero-order valence-corrected chi connectivity index (χ0v) is 14.3. The summed E-state index contributed by atoms with van der Waals surface area (Å²) in [6.45, 7) is 1.50. The second kappa shape index (κ2) is 9.69. The van der Waals surface area contributed by atoms with Gasteiger partial charge in [0.25, 0.3) is 0 Å². The predicted molar refractivity (Wildman–Crippen MR) is 95.2 cm³/mol. The van der Waals surface area contributed by atoms with Crippen LogP contribution in [-0.2, 0) is 22.5 Å². The average molecular weight is 347 g/mol. The standard InChI is InChI=1S/C17H21N3O3S/c1-23-9-8-18-16(21)11-13-4-6-14(7-5-13)20-17(22)19-12-15-3-2-10-24-15/h2-7,10H,8-9,11-12H2,1H3,(H,18,21)(H2,19,20,22). The number of anilines is 1. The average Bonchev–Trinajstić information content (AvgIpc) is 3.08. The quantitative estimate of drug-likeness (QED) is 0.642. The molecule has 3 N–H and O–H groups in total. The molecule has 0 fully saturated rings. The molecule has 1 aromatic heterocycles. The van der Waals surface area contributed by atoms with E-state index in [4.69, 9.17) is 4.74 Å². The SMILES string of the molecule is COCCNC(=O)Cc1ccc(NC(=O)NCc2cccs2)cc1. The van der Waals surface area contributed by atoms with E-state index in [-0.39, 0.29) is 11.9 Å². The second-order valence-corrected chi connectivity index (χ2v) is 6.14. The number of amides is 3. The Kier molecular flexibility index (Phi) is 7.25. The Morgan fingerprint density at radius 2 is 1.92 bits per heavy atom. The number of rotatable bonds is 8. The fraction of sp³-hybridized carbons (Fsp3) is 0.294. The van der Waals surface area contributed by atoms with Crippen molar-refractivity contribution in [1.82, 2.24) is 10.6 Å². The number of ether oxygens (including phenoxy) is 1. The van der Waals surface area contributed by atoms with Gasteiger partial charge in [-0.3, -0.25) is 4.79 Å². The number of benzene rings is 1. The molecule has 7 heteroatoms. The first-order valence-corrected chi connectivity index (χ1v) is 8.47. The number of carbonyl (C=O) groups is 2. The van der Waals surface area contributed by atoms with Gasteiger partial charge < -0.3 is 20.7 Å². The van der Waals surface area contributed by atoms with Crippen LogP contribution in [0.2, 0.25) is 0 Å². The van der Waals surface area contributed by atoms with Crippen molar-refractivity contribution in [3.63, 3.8) is 0 Å². The van der Waals surface area contributed by atoms with E-state index >= 15 is 0 Å². The van der Waals surface area contributed by atoms with Gasteiger partial charge in [0.2, 0.25) is 5.91 Å². The summed E-state index contributed by atoms with van der Waals surface area (Å²) in [5, 5.41) is 10.3. The van der Waals surface area contributed by atoms with Crippen LogP contribution in [0.5, 0.6) is 0 Å². The second-order valence-electron chi connectivity index (χ2n) is 5.10. The van der Waals surface area contributed by atoms with E-state index in [1.165, 1.54) is 0 Å². The fourth-order valence-corrected chi connectivity index (χ4v) is 2.65. The number of thiophene rings is 1. The molecule has 0 radical (unpaired) electrons. The van der Waals surface area contributed by atoms with E-state index in [0.717, 1.165) is 10.4 Å². The molecule has 0 aliphatic heterocycles. The highest BCUT2D eigenvalue weighted by atomic mass is 32.1. The summed E-state index contributed by atoms with van der Waals surface area (Å²) in [4.78, 5) is 24.6. The van der Waals surface area contributed by atoms with Gasteiger partial charge in [0, 0.05) is 24.2 Å². The highest BCUT2D eigenvalue weighted by Gasteiger charge is 2.05. The van der Waals surface area contributed by atoms with Gasteiger partial charge in [0.1, 0.15) is 0 Å². The summed E-state index contributed by atoms with van der Waals surface area (Å²) in [5.41, 5.74) is 1.57. The third kappa shape index (κ3) is 6.39. The number of carbonyl (C=O) groups excluding carboxylic acids is 2. The summed E-state index contributed by atoms with van der Waals surface area (Å²) < 4.78 is 4.88. The van der Waals surface area contributed by atoms with Gasteiger partial charge in [0.15, 0.2) is 0 Å². The molecule has 2 rings (SSSR count). The van der Waals surface area contributed by atoms with Crippen LogP contribution in [0.15, 0.2) is 41.8 Å². The van der Waals surface area contributed by atoms with Gasteiger partial charge in [-0.25, -0.2) is 4.79 Å². The maximum Gasteiger partial charge on any atom is 0.319 e. The first-order chi connectivity index (χ1) is 11.7. The summed E-state index contributed by atoms with van der Waals surface area (Å²) >= 11 is 1.60. The van der Waals surface area contributed by atoms with Crippen molar-refractivity contribution < 1.29 is 14.3 Å². The van der Waals surface area contributed by atoms with E-state index in [9.17, 15) is 9.59 Å². The van der Waals surface area contributed by atoms with Crippen LogP contribution in [0.1, 0.15) is 10.4 Å². The highest BCUT2D eigenvalue weighted by molar-refractivity contribution is 7.09. The number of urea groups is 1. The molecule has 0 atom stereocenters. The molecule has 0 bridgehead atoms. The predicted octanol–water partition coefficient (Wildman–Crippen LogP) is 2.37. The van der Waals surface area contributed by atoms with Crippen molar-refractivity contribution in [2.75, 3.05) is 25.6 Å². The van der Waals surface area contributed by atoms with Crippen molar-refractivity contribution >= 4 is 29.0 Å². The van der Waals surface area contributed by atoms with Crippen molar-refractivity contribution in [2.45, 2.75) is 13.0 Å². The topological polar surface area (TPSA) is 79.5 Å². The smallest absolute Gasteiger partial charge is 0.319 e. The van der Waals surface area contributed by atoms with Gasteiger partial charge in [0.05, 0.1) is 19.6 Å². The van der Waals surface area contributed by atoms with Crippen molar-refractivity contribution in [3.05, 3.63) is 52.2 Å². The molecule has 1 aromatic carbocycles. The number of hydrogen-bond acceptors (Lipinski definition) is 4. The minimum atomic E-state index is -0.256. The summed E-state index contributed by atoms with van der Waals surface area (Å²) in [6, 6.07) is 10.9. The van der Waals surface area contributed by atoms with Crippen LogP contribution in [0, 0.1) is 0 Å². The van der Waals surface area contributed by atoms with E-state index in [0.29, 0.717) is 31.8 Å². The van der Waals surface area contributed by atoms with Crippen LogP contribution >= 0.6 is 11.3 Å². The number of methoxy groups -OCH3 is 1. The summed E-state index contributed by atoms with van der Waals surface area (Å²) in [6.07, 6.45) is 0.300. The van der Waals surface area contributed by atoms with E-state index in [1.54, 1.807) is 30.6 Å². The van der Waals surface area contributed by atoms with Gasteiger partial charge >= 0.3 is 6.03 Å². The molecule has 0 spiro atoms. The van der Waals surface area contributed by atoms with E-state index in [2.05, 4.69) is 16.0 Å². The minimum Gasteiger partial charge on any atom is -0.383 e. The summed E-state index contributed by atoms with van der Waals surface area (Å²) in [5.74, 6) is -0.0542. The van der Waals surface area contributed by atoms with Crippen molar-refractivity contribution in [2.24, 2.45) is 0 Å². The molecule has 128 valence electrons. The Morgan fingerprint density at radius 3 is 2.58 bits per heavy atom. The van der Waals surface area contributed by atoms with E-state index in [1.807, 2.05) is 29.6 Å². The Balaban J connectivity index is 1.74. The Bertz CT molecular complexity index is 642. The lowest BCUT2D eigenvalue weighted by Crippen LogP contribution is -2.28. The van der Waals surface area contributed by atoms with E-state index < -0.39 is 0 Å². The minimum absolute atomic E-state index is 0.0542. The number of nitrogens with one attached hydrogen (secondary N) is 3. The van der Waals surface area contributed by atoms with Crippen LogP contribution in [0.3, 0.4) is 0 Å². The largest absolute Gasteiger partial charge is 0.383 e. The number of hydrogen-bond donors (Lipinski definition) is 3. The highest BCUT2D eigenvalue weighted by Crippen LogP contribution is 2.11. The van der Waals surface area contributed by atoms with Gasteiger partial charge in [-0.05, 0) is 29.1 Å². The lowest BCUT2D eigenvalue weighted by molar-refractivity contribution is -0.120. The van der Waals surface area contributed by atoms with Crippen LogP contribution in [-0.4, -0.2) is 32.2 Å². The van der Waals surface area contributed by atoms with Crippen LogP contribution < -0.4 is 16.0 Å². The Labute approximate surface area is 145 Å². The lowest BCUT2D eigenvalue weighted by Gasteiger charge is -2.08. The molecule has 0 unspecified atom stereocenters. The molecule has 1 heterocycles. The molecular formula is C17H21N3O3S. The lowest BCUT2D eigenvalue weighted by atomic mass is 10.1. The zero-order chi connectivity index (χ0) is 17.2. The van der Waals surface area contributed by atoms with Crippen LogP contribution in [0.4, 0.5) is 10.5 Å². The normalized spacial score (nSPS) is 10.2. The first-order valence-electron chi connectivity index (χ1n) is 7.59. The third-order valence-electron chi connectivity index (χ3n) is 3.21. The van der Waals surface area contributed by atoms with Crippen molar-refractivity contribution in [3.8, 4) is 0 Å². The molecule has 6 nitrogen and oxygen atoms in total. The zero-order valence-electron chi connectivity index (χ0n) is 13.5. The first kappa shape index (κ1) is 18.0. The summed E-state index contributed by atoms with van der Waals surface area (Å²) in [7, 11) is 1.59. The monoisotopic (exact) mass is 347 g/mol. The third-order valence-corrected chi connectivity index (χ3v) is 4.08. The van der Waals surface area contributed by atoms with Gasteiger partial charge in [-0.15, -0.1) is 11.3 Å². The van der Waals surface area contributed by atoms with Crippen molar-refractivity contribution in [1.29, 1.82) is 0 Å². The van der Waals surface area contributed by atoms with Gasteiger partial charge in [-0.1, -0.05) is 18.2 Å². The molecule has 0 saturated heterocycles. The molecule has 3 amide bonds. The fourth-order valence-electron chi connectivity index (χ4n) is 2.00. The molecule has 0 aliphatic rings. The maximum absolute atomic E-state index is 11.8. The van der Waals surface area contributed by atoms with Crippen LogP contribution in [0.25, 0.3) is 0 Å². The Hall–Kier alpha value is -2.38. The molecule has 0 saturated carbocycles. The molecule has 24 heavy (non-hydrogen) atoms. The molecular weight excluding hydrogens is 326 g/mol. The maximum atomic E-state index is 11.8.